The van der Waals surface area contributed by atoms with Gasteiger partial charge in [0.05, 0.1) is 12.5 Å². The van der Waals surface area contributed by atoms with Gasteiger partial charge >= 0.3 is 12.0 Å². The number of carboxylic acids is 1. The van der Waals surface area contributed by atoms with Crippen molar-refractivity contribution in [2.45, 2.75) is 19.0 Å². The summed E-state index contributed by atoms with van der Waals surface area (Å²) < 4.78 is 10.6. The Hall–Kier alpha value is -3.72. The van der Waals surface area contributed by atoms with Crippen molar-refractivity contribution in [2.24, 2.45) is 0 Å². The largest absolute Gasteiger partial charge is 0.481 e. The van der Waals surface area contributed by atoms with Gasteiger partial charge in [-0.1, -0.05) is 18.2 Å². The van der Waals surface area contributed by atoms with Gasteiger partial charge in [0.25, 0.3) is 0 Å². The van der Waals surface area contributed by atoms with Crippen LogP contribution in [0.4, 0.5) is 16.2 Å². The lowest BCUT2D eigenvalue weighted by Crippen LogP contribution is -2.33. The molecule has 2 aromatic carbocycles. The van der Waals surface area contributed by atoms with Crippen molar-refractivity contribution >= 4 is 34.7 Å². The van der Waals surface area contributed by atoms with Crippen LogP contribution >= 0.6 is 11.3 Å². The van der Waals surface area contributed by atoms with Crippen molar-refractivity contribution in [3.8, 4) is 11.5 Å². The zero-order chi connectivity index (χ0) is 21.6. The zero-order valence-corrected chi connectivity index (χ0v) is 17.3. The number of carbonyl (C=O) groups is 2. The van der Waals surface area contributed by atoms with Gasteiger partial charge in [-0.15, -0.1) is 11.3 Å². The number of nitrogens with one attached hydrogen (secondary N) is 3. The molecular weight excluding hydrogens is 418 g/mol. The van der Waals surface area contributed by atoms with E-state index in [9.17, 15) is 14.7 Å². The lowest BCUT2D eigenvalue weighted by Gasteiger charge is -2.18. The molecule has 1 aliphatic rings. The lowest BCUT2D eigenvalue weighted by atomic mass is 10.0. The first-order valence-electron chi connectivity index (χ1n) is 9.62. The highest BCUT2D eigenvalue weighted by molar-refractivity contribution is 7.09. The Morgan fingerprint density at radius 2 is 1.87 bits per heavy atom. The summed E-state index contributed by atoms with van der Waals surface area (Å²) in [4.78, 5) is 25.1. The van der Waals surface area contributed by atoms with Gasteiger partial charge in [-0.3, -0.25) is 4.79 Å². The second-order valence-corrected chi connectivity index (χ2v) is 7.91. The Morgan fingerprint density at radius 3 is 2.68 bits per heavy atom. The molecule has 1 unspecified atom stereocenters. The first-order chi connectivity index (χ1) is 15.1. The zero-order valence-electron chi connectivity index (χ0n) is 16.5. The van der Waals surface area contributed by atoms with Gasteiger partial charge in [-0.05, 0) is 47.3 Å². The number of benzene rings is 2. The molecular formula is C22H21N3O5S. The van der Waals surface area contributed by atoms with Crippen LogP contribution in [0.3, 0.4) is 0 Å². The van der Waals surface area contributed by atoms with E-state index in [4.69, 9.17) is 9.47 Å². The van der Waals surface area contributed by atoms with Crippen molar-refractivity contribution in [3.05, 3.63) is 70.4 Å². The number of carboxylic acid groups (broad SMARTS) is 1. The summed E-state index contributed by atoms with van der Waals surface area (Å²) in [7, 11) is 0. The molecule has 0 saturated heterocycles. The van der Waals surface area contributed by atoms with E-state index in [1.54, 1.807) is 35.6 Å². The average Bonchev–Trinajstić information content (AvgIpc) is 3.43. The second kappa shape index (κ2) is 9.40. The van der Waals surface area contributed by atoms with Crippen molar-refractivity contribution in [3.63, 3.8) is 0 Å². The Balaban J connectivity index is 1.40. The molecule has 0 aliphatic carbocycles. The number of thiophene rings is 1. The smallest absolute Gasteiger partial charge is 0.319 e. The van der Waals surface area contributed by atoms with E-state index in [1.165, 1.54) is 4.88 Å². The topological polar surface area (TPSA) is 109 Å². The quantitative estimate of drug-likeness (QED) is 0.414. The van der Waals surface area contributed by atoms with E-state index in [1.807, 2.05) is 35.7 Å². The highest BCUT2D eigenvalue weighted by Crippen LogP contribution is 2.34. The van der Waals surface area contributed by atoms with E-state index in [0.29, 0.717) is 29.3 Å². The molecule has 1 atom stereocenters. The Labute approximate surface area is 182 Å². The van der Waals surface area contributed by atoms with Crippen molar-refractivity contribution in [1.82, 2.24) is 5.32 Å². The van der Waals surface area contributed by atoms with Crippen LogP contribution in [0.15, 0.2) is 60.0 Å². The summed E-state index contributed by atoms with van der Waals surface area (Å²) >= 11 is 1.67. The number of ether oxygens (including phenoxy) is 2. The minimum Gasteiger partial charge on any atom is -0.481 e. The highest BCUT2D eigenvalue weighted by atomic mass is 32.1. The molecule has 4 rings (SSSR count). The number of hydrogen-bond acceptors (Lipinski definition) is 6. The van der Waals surface area contributed by atoms with E-state index < -0.39 is 18.0 Å². The Bertz CT molecular complexity index is 1070. The van der Waals surface area contributed by atoms with Crippen LogP contribution in [-0.2, 0) is 11.3 Å². The molecule has 2 amide bonds. The fourth-order valence-corrected chi connectivity index (χ4v) is 3.84. The number of amides is 2. The van der Waals surface area contributed by atoms with E-state index in [-0.39, 0.29) is 13.2 Å². The Kier molecular flexibility index (Phi) is 6.23. The third-order valence-corrected chi connectivity index (χ3v) is 5.53. The number of anilines is 2. The van der Waals surface area contributed by atoms with Gasteiger partial charge in [0.15, 0.2) is 11.5 Å². The standard InChI is InChI=1S/C22H21N3O5S/c26-21(27)11-18(14-6-7-19-20(9-14)30-13-29-19)25-22(28)24-16-4-1-3-15(10-16)23-12-17-5-2-8-31-17/h1-10,18,23H,11-13H2,(H,26,27)(H2,24,25,28). The minimum atomic E-state index is -1.03. The van der Waals surface area contributed by atoms with Crippen LogP contribution in [0.5, 0.6) is 11.5 Å². The normalized spacial score (nSPS) is 12.8. The van der Waals surface area contributed by atoms with E-state index >= 15 is 0 Å². The summed E-state index contributed by atoms with van der Waals surface area (Å²) in [5, 5.41) is 20.1. The van der Waals surface area contributed by atoms with Crippen LogP contribution in [-0.4, -0.2) is 23.9 Å². The summed E-state index contributed by atoms with van der Waals surface area (Å²) in [5.74, 6) is 0.0940. The van der Waals surface area contributed by atoms with Crippen molar-refractivity contribution in [1.29, 1.82) is 0 Å². The number of fused-ring (bicyclic) bond motifs is 1. The van der Waals surface area contributed by atoms with Crippen LogP contribution in [0.1, 0.15) is 22.9 Å². The maximum Gasteiger partial charge on any atom is 0.319 e. The fraction of sp³-hybridized carbons (Fsp3) is 0.182. The molecule has 31 heavy (non-hydrogen) atoms. The molecule has 8 nitrogen and oxygen atoms in total. The maximum atomic E-state index is 12.6. The molecule has 1 aliphatic heterocycles. The monoisotopic (exact) mass is 439 g/mol. The SMILES string of the molecule is O=C(O)CC(NC(=O)Nc1cccc(NCc2cccs2)c1)c1ccc2c(c1)OCO2. The minimum absolute atomic E-state index is 0.118. The van der Waals surface area contributed by atoms with Crippen LogP contribution in [0.25, 0.3) is 0 Å². The molecule has 4 N–H and O–H groups in total. The van der Waals surface area contributed by atoms with Gasteiger partial charge in [-0.25, -0.2) is 4.79 Å². The molecule has 2 heterocycles. The second-order valence-electron chi connectivity index (χ2n) is 6.88. The number of rotatable bonds is 8. The summed E-state index contributed by atoms with van der Waals surface area (Å²) in [5.41, 5.74) is 2.07. The van der Waals surface area contributed by atoms with E-state index in [2.05, 4.69) is 16.0 Å². The van der Waals surface area contributed by atoms with Crippen molar-refractivity contribution < 1.29 is 24.2 Å². The number of aliphatic carboxylic acids is 1. The molecule has 0 spiro atoms. The molecule has 0 radical (unpaired) electrons. The molecule has 0 saturated carbocycles. The maximum absolute atomic E-state index is 12.6. The number of urea groups is 1. The molecule has 160 valence electrons. The average molecular weight is 439 g/mol. The predicted molar refractivity (Wildman–Crippen MR) is 118 cm³/mol. The van der Waals surface area contributed by atoms with Gasteiger partial charge in [0.1, 0.15) is 0 Å². The number of hydrogen-bond donors (Lipinski definition) is 4. The fourth-order valence-electron chi connectivity index (χ4n) is 3.19. The summed E-state index contributed by atoms with van der Waals surface area (Å²) in [6.45, 7) is 0.811. The first kappa shape index (κ1) is 20.5. The van der Waals surface area contributed by atoms with Crippen molar-refractivity contribution in [2.75, 3.05) is 17.4 Å². The number of carbonyl (C=O) groups excluding carboxylic acids is 1. The van der Waals surface area contributed by atoms with E-state index in [0.717, 1.165) is 5.69 Å². The third-order valence-electron chi connectivity index (χ3n) is 4.65. The summed E-state index contributed by atoms with van der Waals surface area (Å²) in [6, 6.07) is 15.3. The van der Waals surface area contributed by atoms with Gasteiger partial charge in [0.2, 0.25) is 6.79 Å². The summed E-state index contributed by atoms with van der Waals surface area (Å²) in [6.07, 6.45) is -0.268. The van der Waals surface area contributed by atoms with Gasteiger partial charge < -0.3 is 30.5 Å². The highest BCUT2D eigenvalue weighted by Gasteiger charge is 2.22. The van der Waals surface area contributed by atoms with Gasteiger partial charge in [-0.2, -0.15) is 0 Å². The molecule has 0 bridgehead atoms. The first-order valence-corrected chi connectivity index (χ1v) is 10.5. The molecule has 0 fully saturated rings. The van der Waals surface area contributed by atoms with Gasteiger partial charge in [0, 0.05) is 22.8 Å². The molecule has 3 aromatic rings. The Morgan fingerprint density at radius 1 is 1.03 bits per heavy atom. The predicted octanol–water partition coefficient (Wildman–Crippen LogP) is 4.43. The van der Waals surface area contributed by atoms with Crippen LogP contribution < -0.4 is 25.4 Å². The molecule has 1 aromatic heterocycles. The van der Waals surface area contributed by atoms with Crippen LogP contribution in [0, 0.1) is 0 Å². The lowest BCUT2D eigenvalue weighted by molar-refractivity contribution is -0.137. The third kappa shape index (κ3) is 5.46. The molecule has 9 heteroatoms. The van der Waals surface area contributed by atoms with Crippen LogP contribution in [0.2, 0.25) is 0 Å².